The highest BCUT2D eigenvalue weighted by Crippen LogP contribution is 2.15. The van der Waals surface area contributed by atoms with E-state index in [0.29, 0.717) is 6.10 Å². The Morgan fingerprint density at radius 3 is 2.08 bits per heavy atom. The standard InChI is InChI=1S/C11H26OSi/c1-6-8-9-10-11(7-2)12-13(3,4)5/h11H,6-10H2,1-5H3. The molecule has 0 N–H and O–H groups in total. The molecule has 1 atom stereocenters. The van der Waals surface area contributed by atoms with Gasteiger partial charge in [0.05, 0.1) is 0 Å². The highest BCUT2D eigenvalue weighted by atomic mass is 28.4. The summed E-state index contributed by atoms with van der Waals surface area (Å²) in [5.74, 6) is 0. The monoisotopic (exact) mass is 202 g/mol. The molecular formula is C11H26OSi. The molecule has 0 aromatic heterocycles. The number of rotatable bonds is 7. The molecule has 0 rings (SSSR count). The first kappa shape index (κ1) is 13.2. The van der Waals surface area contributed by atoms with Gasteiger partial charge in [-0.05, 0) is 32.5 Å². The first-order valence-corrected chi connectivity index (χ1v) is 9.08. The maximum atomic E-state index is 6.07. The summed E-state index contributed by atoms with van der Waals surface area (Å²) in [5, 5.41) is 0. The second-order valence-corrected chi connectivity index (χ2v) is 9.22. The van der Waals surface area contributed by atoms with E-state index < -0.39 is 8.32 Å². The van der Waals surface area contributed by atoms with Crippen molar-refractivity contribution in [1.82, 2.24) is 0 Å². The first-order chi connectivity index (χ1) is 5.99. The third kappa shape index (κ3) is 8.51. The van der Waals surface area contributed by atoms with Gasteiger partial charge in [0.1, 0.15) is 0 Å². The predicted octanol–water partition coefficient (Wildman–Crippen LogP) is 4.20. The fourth-order valence-electron chi connectivity index (χ4n) is 1.47. The topological polar surface area (TPSA) is 9.23 Å². The largest absolute Gasteiger partial charge is 0.415 e. The van der Waals surface area contributed by atoms with Crippen molar-refractivity contribution in [3.8, 4) is 0 Å². The van der Waals surface area contributed by atoms with Crippen molar-refractivity contribution >= 4 is 8.32 Å². The lowest BCUT2D eigenvalue weighted by atomic mass is 10.1. The Kier molecular flexibility index (Phi) is 6.69. The molecular weight excluding hydrogens is 176 g/mol. The lowest BCUT2D eigenvalue weighted by Gasteiger charge is -2.25. The molecule has 0 spiro atoms. The molecule has 1 nitrogen and oxygen atoms in total. The zero-order chi connectivity index (χ0) is 10.3. The van der Waals surface area contributed by atoms with Crippen molar-refractivity contribution in [3.63, 3.8) is 0 Å². The minimum Gasteiger partial charge on any atom is -0.415 e. The number of hydrogen-bond donors (Lipinski definition) is 0. The predicted molar refractivity (Wildman–Crippen MR) is 62.7 cm³/mol. The van der Waals surface area contributed by atoms with Crippen LogP contribution < -0.4 is 0 Å². The van der Waals surface area contributed by atoms with E-state index in [9.17, 15) is 0 Å². The Balaban J connectivity index is 3.63. The van der Waals surface area contributed by atoms with Gasteiger partial charge in [0.25, 0.3) is 0 Å². The van der Waals surface area contributed by atoms with Crippen LogP contribution in [0.5, 0.6) is 0 Å². The Morgan fingerprint density at radius 2 is 1.69 bits per heavy atom. The zero-order valence-electron chi connectivity index (χ0n) is 10.0. The molecule has 0 amide bonds. The summed E-state index contributed by atoms with van der Waals surface area (Å²) in [6.45, 7) is 11.3. The molecule has 2 heteroatoms. The van der Waals surface area contributed by atoms with Gasteiger partial charge in [-0.1, -0.05) is 33.1 Å². The van der Waals surface area contributed by atoms with Crippen LogP contribution in [0, 0.1) is 0 Å². The highest BCUT2D eigenvalue weighted by molar-refractivity contribution is 6.69. The molecule has 0 aliphatic rings. The third-order valence-electron chi connectivity index (χ3n) is 2.11. The van der Waals surface area contributed by atoms with E-state index in [1.54, 1.807) is 0 Å². The molecule has 0 fully saturated rings. The van der Waals surface area contributed by atoms with Crippen molar-refractivity contribution in [3.05, 3.63) is 0 Å². The summed E-state index contributed by atoms with van der Waals surface area (Å²) < 4.78 is 6.07. The van der Waals surface area contributed by atoms with Crippen LogP contribution in [-0.2, 0) is 4.43 Å². The quantitative estimate of drug-likeness (QED) is 0.444. The molecule has 0 saturated heterocycles. The summed E-state index contributed by atoms with van der Waals surface area (Å²) >= 11 is 0. The van der Waals surface area contributed by atoms with Gasteiger partial charge < -0.3 is 4.43 Å². The summed E-state index contributed by atoms with van der Waals surface area (Å²) in [5.41, 5.74) is 0. The van der Waals surface area contributed by atoms with Gasteiger partial charge in [-0.2, -0.15) is 0 Å². The van der Waals surface area contributed by atoms with Crippen molar-refractivity contribution < 1.29 is 4.43 Å². The van der Waals surface area contributed by atoms with Crippen LogP contribution in [0.1, 0.15) is 46.0 Å². The van der Waals surface area contributed by atoms with Crippen LogP contribution in [0.4, 0.5) is 0 Å². The average Bonchev–Trinajstić information content (AvgIpc) is 2.01. The molecule has 80 valence electrons. The fraction of sp³-hybridized carbons (Fsp3) is 1.00. The van der Waals surface area contributed by atoms with Crippen LogP contribution in [0.3, 0.4) is 0 Å². The van der Waals surface area contributed by atoms with Crippen molar-refractivity contribution in [2.75, 3.05) is 0 Å². The lowest BCUT2D eigenvalue weighted by Crippen LogP contribution is -2.31. The molecule has 0 aromatic rings. The average molecular weight is 202 g/mol. The number of hydrogen-bond acceptors (Lipinski definition) is 1. The van der Waals surface area contributed by atoms with Crippen molar-refractivity contribution in [2.45, 2.75) is 71.7 Å². The van der Waals surface area contributed by atoms with E-state index in [0.717, 1.165) is 0 Å². The van der Waals surface area contributed by atoms with Gasteiger partial charge >= 0.3 is 0 Å². The van der Waals surface area contributed by atoms with Gasteiger partial charge in [0, 0.05) is 6.10 Å². The molecule has 0 bridgehead atoms. The van der Waals surface area contributed by atoms with Crippen molar-refractivity contribution in [1.29, 1.82) is 0 Å². The Bertz CT molecular complexity index is 118. The highest BCUT2D eigenvalue weighted by Gasteiger charge is 2.19. The lowest BCUT2D eigenvalue weighted by molar-refractivity contribution is 0.175. The SMILES string of the molecule is CCCCCC(CC)O[Si](C)(C)C. The van der Waals surface area contributed by atoms with E-state index in [1.165, 1.54) is 32.1 Å². The second kappa shape index (κ2) is 6.60. The summed E-state index contributed by atoms with van der Waals surface area (Å²) in [4.78, 5) is 0. The smallest absolute Gasteiger partial charge is 0.184 e. The molecule has 13 heavy (non-hydrogen) atoms. The van der Waals surface area contributed by atoms with Gasteiger partial charge in [-0.25, -0.2) is 0 Å². The van der Waals surface area contributed by atoms with E-state index in [4.69, 9.17) is 4.43 Å². The molecule has 0 aliphatic carbocycles. The van der Waals surface area contributed by atoms with E-state index in [1.807, 2.05) is 0 Å². The molecule has 0 aliphatic heterocycles. The maximum absolute atomic E-state index is 6.07. The first-order valence-electron chi connectivity index (χ1n) is 5.67. The van der Waals surface area contributed by atoms with Crippen LogP contribution in [0.25, 0.3) is 0 Å². The minimum absolute atomic E-state index is 0.526. The molecule has 0 aromatic carbocycles. The summed E-state index contributed by atoms with van der Waals surface area (Å²) in [7, 11) is -1.30. The zero-order valence-corrected chi connectivity index (χ0v) is 11.0. The van der Waals surface area contributed by atoms with E-state index in [2.05, 4.69) is 33.5 Å². The molecule has 0 radical (unpaired) electrons. The van der Waals surface area contributed by atoms with Gasteiger partial charge in [-0.15, -0.1) is 0 Å². The normalized spacial score (nSPS) is 14.5. The summed E-state index contributed by atoms with van der Waals surface area (Å²) in [6, 6.07) is 0. The maximum Gasteiger partial charge on any atom is 0.184 e. The van der Waals surface area contributed by atoms with Crippen LogP contribution in [0.2, 0.25) is 19.6 Å². The Labute approximate surface area is 85.0 Å². The molecule has 0 heterocycles. The number of unbranched alkanes of at least 4 members (excludes halogenated alkanes) is 2. The van der Waals surface area contributed by atoms with Gasteiger partial charge in [0.15, 0.2) is 8.32 Å². The minimum atomic E-state index is -1.30. The van der Waals surface area contributed by atoms with Crippen molar-refractivity contribution in [2.24, 2.45) is 0 Å². The Morgan fingerprint density at radius 1 is 1.08 bits per heavy atom. The fourth-order valence-corrected chi connectivity index (χ4v) is 2.75. The van der Waals surface area contributed by atoms with E-state index >= 15 is 0 Å². The molecule has 0 saturated carbocycles. The summed E-state index contributed by atoms with van der Waals surface area (Å²) in [6.07, 6.45) is 6.95. The van der Waals surface area contributed by atoms with Crippen LogP contribution in [0.15, 0.2) is 0 Å². The Hall–Kier alpha value is 0.177. The molecule has 1 unspecified atom stereocenters. The van der Waals surface area contributed by atoms with Gasteiger partial charge in [0.2, 0.25) is 0 Å². The van der Waals surface area contributed by atoms with Crippen LogP contribution in [-0.4, -0.2) is 14.4 Å². The van der Waals surface area contributed by atoms with Crippen LogP contribution >= 0.6 is 0 Å². The van der Waals surface area contributed by atoms with Gasteiger partial charge in [-0.3, -0.25) is 0 Å². The third-order valence-corrected chi connectivity index (χ3v) is 3.15. The van der Waals surface area contributed by atoms with E-state index in [-0.39, 0.29) is 0 Å². The second-order valence-electron chi connectivity index (χ2n) is 4.76.